The molecule has 29 heavy (non-hydrogen) atoms. The van der Waals surface area contributed by atoms with Crippen LogP contribution in [-0.2, 0) is 16.1 Å². The molecule has 2 aromatic rings. The summed E-state index contributed by atoms with van der Waals surface area (Å²) in [7, 11) is 0. The van der Waals surface area contributed by atoms with Crippen LogP contribution >= 0.6 is 0 Å². The van der Waals surface area contributed by atoms with Gasteiger partial charge in [0.25, 0.3) is 5.56 Å². The molecule has 0 aliphatic carbocycles. The molecule has 0 saturated carbocycles. The molecule has 0 atom stereocenters. The first-order chi connectivity index (χ1) is 14.2. The molecular formula is C21H27N5O3. The van der Waals surface area contributed by atoms with E-state index in [4.69, 9.17) is 4.74 Å². The Morgan fingerprint density at radius 3 is 2.59 bits per heavy atom. The van der Waals surface area contributed by atoms with E-state index < -0.39 is 0 Å². The molecule has 2 aliphatic rings. The molecule has 154 valence electrons. The minimum Gasteiger partial charge on any atom is -0.370 e. The predicted octanol–water partition coefficient (Wildman–Crippen LogP) is 0.876. The van der Waals surface area contributed by atoms with Gasteiger partial charge in [0.1, 0.15) is 6.61 Å². The Morgan fingerprint density at radius 2 is 1.86 bits per heavy atom. The summed E-state index contributed by atoms with van der Waals surface area (Å²) in [6.07, 6.45) is 7.16. The van der Waals surface area contributed by atoms with Crippen molar-refractivity contribution in [1.29, 1.82) is 0 Å². The van der Waals surface area contributed by atoms with Crippen LogP contribution in [0.3, 0.4) is 0 Å². The monoisotopic (exact) mass is 397 g/mol. The van der Waals surface area contributed by atoms with Crippen molar-refractivity contribution in [3.8, 4) is 11.3 Å². The van der Waals surface area contributed by atoms with Crippen LogP contribution in [0, 0.1) is 5.92 Å². The second kappa shape index (κ2) is 9.28. The number of piperidine rings is 1. The molecule has 0 radical (unpaired) electrons. The van der Waals surface area contributed by atoms with Gasteiger partial charge in [-0.1, -0.05) is 0 Å². The summed E-state index contributed by atoms with van der Waals surface area (Å²) in [5.74, 6) is 0.566. The quantitative estimate of drug-likeness (QED) is 0.720. The minimum atomic E-state index is -0.0138. The molecule has 2 fully saturated rings. The number of likely N-dealkylation sites (tertiary alicyclic amines) is 1. The molecule has 0 bridgehead atoms. The second-order valence-corrected chi connectivity index (χ2v) is 7.72. The number of hydrogen-bond acceptors (Lipinski definition) is 6. The van der Waals surface area contributed by atoms with Crippen molar-refractivity contribution in [3.05, 3.63) is 47.3 Å². The van der Waals surface area contributed by atoms with E-state index in [1.165, 1.54) is 0 Å². The van der Waals surface area contributed by atoms with Crippen molar-refractivity contribution >= 4 is 5.91 Å². The second-order valence-electron chi connectivity index (χ2n) is 7.72. The van der Waals surface area contributed by atoms with E-state index in [0.717, 1.165) is 44.6 Å². The third kappa shape index (κ3) is 5.07. The highest BCUT2D eigenvalue weighted by molar-refractivity contribution is 5.77. The molecule has 4 heterocycles. The van der Waals surface area contributed by atoms with Crippen molar-refractivity contribution in [3.63, 3.8) is 0 Å². The first-order valence-corrected chi connectivity index (χ1v) is 10.2. The molecule has 8 heteroatoms. The lowest BCUT2D eigenvalue weighted by molar-refractivity contribution is -0.142. The Hall–Kier alpha value is -2.58. The van der Waals surface area contributed by atoms with E-state index in [0.29, 0.717) is 31.3 Å². The highest BCUT2D eigenvalue weighted by Crippen LogP contribution is 2.19. The fourth-order valence-corrected chi connectivity index (χ4v) is 3.96. The molecule has 1 amide bonds. The average Bonchev–Trinajstić information content (AvgIpc) is 2.76. The lowest BCUT2D eigenvalue weighted by Gasteiger charge is -2.34. The zero-order valence-electron chi connectivity index (χ0n) is 16.6. The summed E-state index contributed by atoms with van der Waals surface area (Å²) in [6.45, 7) is 5.93. The van der Waals surface area contributed by atoms with Crippen molar-refractivity contribution in [2.45, 2.75) is 19.4 Å². The summed E-state index contributed by atoms with van der Waals surface area (Å²) >= 11 is 0. The van der Waals surface area contributed by atoms with Crippen molar-refractivity contribution in [2.75, 3.05) is 45.9 Å². The molecule has 0 N–H and O–H groups in total. The SMILES string of the molecule is O=C1COCCN1CCN1CCC(Cn2cnc(-c3ccncc3)cc2=O)CC1. The van der Waals surface area contributed by atoms with Gasteiger partial charge in [0.15, 0.2) is 0 Å². The Labute approximate surface area is 170 Å². The number of ether oxygens (including phenoxy) is 1. The zero-order chi connectivity index (χ0) is 20.1. The number of hydrogen-bond donors (Lipinski definition) is 0. The number of carbonyl (C=O) groups excluding carboxylic acids is 1. The molecule has 0 unspecified atom stereocenters. The van der Waals surface area contributed by atoms with Crippen molar-refractivity contribution in [1.82, 2.24) is 24.3 Å². The van der Waals surface area contributed by atoms with E-state index in [1.807, 2.05) is 17.0 Å². The van der Waals surface area contributed by atoms with Gasteiger partial charge in [-0.05, 0) is 44.0 Å². The van der Waals surface area contributed by atoms with Gasteiger partial charge in [-0.2, -0.15) is 0 Å². The van der Waals surface area contributed by atoms with Crippen LogP contribution in [0.2, 0.25) is 0 Å². The number of carbonyl (C=O) groups is 1. The Morgan fingerprint density at radius 1 is 1.07 bits per heavy atom. The van der Waals surface area contributed by atoms with Gasteiger partial charge in [0.05, 0.1) is 18.6 Å². The highest BCUT2D eigenvalue weighted by atomic mass is 16.5. The largest absolute Gasteiger partial charge is 0.370 e. The van der Waals surface area contributed by atoms with Gasteiger partial charge in [-0.25, -0.2) is 4.98 Å². The van der Waals surface area contributed by atoms with Gasteiger partial charge in [-0.3, -0.25) is 19.1 Å². The lowest BCUT2D eigenvalue weighted by Crippen LogP contribution is -2.46. The van der Waals surface area contributed by atoms with Gasteiger partial charge >= 0.3 is 0 Å². The number of amides is 1. The molecule has 2 aliphatic heterocycles. The summed E-state index contributed by atoms with van der Waals surface area (Å²) in [6, 6.07) is 5.31. The first kappa shape index (κ1) is 19.7. The van der Waals surface area contributed by atoms with Crippen LogP contribution in [0.4, 0.5) is 0 Å². The van der Waals surface area contributed by atoms with Gasteiger partial charge in [-0.15, -0.1) is 0 Å². The number of aromatic nitrogens is 3. The third-order valence-corrected chi connectivity index (χ3v) is 5.79. The van der Waals surface area contributed by atoms with Crippen molar-refractivity contribution in [2.24, 2.45) is 5.92 Å². The molecule has 0 aromatic carbocycles. The maximum atomic E-state index is 12.5. The summed E-state index contributed by atoms with van der Waals surface area (Å²) in [4.78, 5) is 37.1. The molecule has 2 aromatic heterocycles. The van der Waals surface area contributed by atoms with E-state index in [-0.39, 0.29) is 18.1 Å². The van der Waals surface area contributed by atoms with Crippen LogP contribution < -0.4 is 5.56 Å². The van der Waals surface area contributed by atoms with E-state index >= 15 is 0 Å². The average molecular weight is 397 g/mol. The smallest absolute Gasteiger partial charge is 0.253 e. The third-order valence-electron chi connectivity index (χ3n) is 5.79. The van der Waals surface area contributed by atoms with Crippen molar-refractivity contribution < 1.29 is 9.53 Å². The maximum Gasteiger partial charge on any atom is 0.253 e. The molecule has 2 saturated heterocycles. The molecular weight excluding hydrogens is 370 g/mol. The first-order valence-electron chi connectivity index (χ1n) is 10.2. The van der Waals surface area contributed by atoms with Crippen LogP contribution in [0.15, 0.2) is 41.7 Å². The summed E-state index contributed by atoms with van der Waals surface area (Å²) < 4.78 is 6.90. The number of nitrogens with zero attached hydrogens (tertiary/aromatic N) is 5. The topological polar surface area (TPSA) is 80.6 Å². The predicted molar refractivity (Wildman–Crippen MR) is 108 cm³/mol. The highest BCUT2D eigenvalue weighted by Gasteiger charge is 2.23. The van der Waals surface area contributed by atoms with Crippen LogP contribution in [0.5, 0.6) is 0 Å². The van der Waals surface area contributed by atoms with Crippen LogP contribution in [-0.4, -0.2) is 76.2 Å². The Balaban J connectivity index is 1.26. The fraction of sp³-hybridized carbons (Fsp3) is 0.524. The van der Waals surface area contributed by atoms with Gasteiger partial charge in [0, 0.05) is 50.2 Å². The summed E-state index contributed by atoms with van der Waals surface area (Å²) in [5.41, 5.74) is 1.57. The number of rotatable bonds is 6. The van der Waals surface area contributed by atoms with Gasteiger partial charge in [0.2, 0.25) is 5.91 Å². The number of morpholine rings is 1. The summed E-state index contributed by atoms with van der Waals surface area (Å²) in [5, 5.41) is 0. The Kier molecular flexibility index (Phi) is 6.31. The molecule has 8 nitrogen and oxygen atoms in total. The van der Waals surface area contributed by atoms with Crippen LogP contribution in [0.1, 0.15) is 12.8 Å². The molecule has 4 rings (SSSR count). The maximum absolute atomic E-state index is 12.5. The normalized spacial score (nSPS) is 18.9. The van der Waals surface area contributed by atoms with E-state index in [2.05, 4.69) is 14.9 Å². The molecule has 0 spiro atoms. The zero-order valence-corrected chi connectivity index (χ0v) is 16.6. The van der Waals surface area contributed by atoms with Gasteiger partial charge < -0.3 is 14.5 Å². The van der Waals surface area contributed by atoms with E-state index in [1.54, 1.807) is 29.4 Å². The minimum absolute atomic E-state index is 0.0138. The lowest BCUT2D eigenvalue weighted by atomic mass is 9.96. The van der Waals surface area contributed by atoms with Crippen LogP contribution in [0.25, 0.3) is 11.3 Å². The fourth-order valence-electron chi connectivity index (χ4n) is 3.96. The van der Waals surface area contributed by atoms with E-state index in [9.17, 15) is 9.59 Å². The number of pyridine rings is 1. The Bertz CT molecular complexity index is 877. The standard InChI is InChI=1S/C21H27N5O3/c27-20-13-19(18-1-5-22-6-2-18)23-16-26(20)14-17-3-7-24(8-4-17)9-10-25-11-12-29-15-21(25)28/h1-2,5-6,13,16-17H,3-4,7-12,14-15H2.